The molecule has 122 valence electrons. The fourth-order valence-corrected chi connectivity index (χ4v) is 2.32. The molecule has 0 aliphatic carbocycles. The number of carbonyl (C=O) groups is 1. The molecule has 5 heteroatoms. The lowest BCUT2D eigenvalue weighted by molar-refractivity contribution is -0.143. The van der Waals surface area contributed by atoms with E-state index in [0.717, 1.165) is 0 Å². The Labute approximate surface area is 140 Å². The van der Waals surface area contributed by atoms with Crippen LogP contribution in [0.25, 0.3) is 0 Å². The molecule has 2 rings (SSSR count). The molecule has 0 bridgehead atoms. The Kier molecular flexibility index (Phi) is 5.99. The van der Waals surface area contributed by atoms with Gasteiger partial charge in [0.25, 0.3) is 0 Å². The minimum Gasteiger partial charge on any atom is -0.466 e. The van der Waals surface area contributed by atoms with Gasteiger partial charge in [0.2, 0.25) is 0 Å². The van der Waals surface area contributed by atoms with Crippen molar-refractivity contribution in [3.63, 3.8) is 0 Å². The van der Waals surface area contributed by atoms with Crippen molar-refractivity contribution in [2.75, 3.05) is 6.61 Å². The first-order chi connectivity index (χ1) is 11.0. The highest BCUT2D eigenvalue weighted by Crippen LogP contribution is 2.29. The van der Waals surface area contributed by atoms with Crippen LogP contribution in [0, 0.1) is 5.82 Å². The summed E-state index contributed by atoms with van der Waals surface area (Å²) < 4.78 is 24.7. The number of hydrogen-bond donors (Lipinski definition) is 0. The molecule has 0 heterocycles. The van der Waals surface area contributed by atoms with Crippen molar-refractivity contribution in [3.05, 3.63) is 58.9 Å². The second-order valence-corrected chi connectivity index (χ2v) is 5.59. The summed E-state index contributed by atoms with van der Waals surface area (Å²) in [6.07, 6.45) is 0.141. The van der Waals surface area contributed by atoms with Crippen LogP contribution in [0.5, 0.6) is 11.5 Å². The molecule has 0 aliphatic rings. The molecule has 0 saturated heterocycles. The van der Waals surface area contributed by atoms with Crippen LogP contribution < -0.4 is 4.74 Å². The highest BCUT2D eigenvalue weighted by molar-refractivity contribution is 6.30. The van der Waals surface area contributed by atoms with Crippen LogP contribution in [0.15, 0.2) is 42.5 Å². The Hall–Kier alpha value is -2.07. The summed E-state index contributed by atoms with van der Waals surface area (Å²) in [5.74, 6) is -0.0502. The lowest BCUT2D eigenvalue weighted by atomic mass is 9.97. The molecule has 2 aromatic rings. The van der Waals surface area contributed by atoms with Gasteiger partial charge in [-0.25, -0.2) is 4.39 Å². The van der Waals surface area contributed by atoms with Crippen molar-refractivity contribution >= 4 is 17.6 Å². The van der Waals surface area contributed by atoms with Crippen molar-refractivity contribution in [1.29, 1.82) is 0 Å². The van der Waals surface area contributed by atoms with Gasteiger partial charge in [-0.2, -0.15) is 0 Å². The Morgan fingerprint density at radius 2 is 1.83 bits per heavy atom. The first-order valence-corrected chi connectivity index (χ1v) is 7.76. The smallest absolute Gasteiger partial charge is 0.306 e. The fourth-order valence-electron chi connectivity index (χ4n) is 2.19. The van der Waals surface area contributed by atoms with E-state index in [1.165, 1.54) is 6.07 Å². The Morgan fingerprint density at radius 3 is 2.43 bits per heavy atom. The van der Waals surface area contributed by atoms with Crippen molar-refractivity contribution in [2.45, 2.75) is 26.2 Å². The van der Waals surface area contributed by atoms with Gasteiger partial charge in [0.05, 0.1) is 13.0 Å². The van der Waals surface area contributed by atoms with E-state index in [-0.39, 0.29) is 18.3 Å². The van der Waals surface area contributed by atoms with E-state index in [4.69, 9.17) is 21.1 Å². The predicted octanol–water partition coefficient (Wildman–Crippen LogP) is 5.33. The van der Waals surface area contributed by atoms with Gasteiger partial charge in [-0.15, -0.1) is 0 Å². The van der Waals surface area contributed by atoms with E-state index in [0.29, 0.717) is 28.7 Å². The number of rotatable bonds is 6. The lowest BCUT2D eigenvalue weighted by Crippen LogP contribution is -2.09. The summed E-state index contributed by atoms with van der Waals surface area (Å²) in [4.78, 5) is 11.5. The molecule has 1 unspecified atom stereocenters. The summed E-state index contributed by atoms with van der Waals surface area (Å²) >= 11 is 5.81. The lowest BCUT2D eigenvalue weighted by Gasteiger charge is -2.13. The molecule has 1 atom stereocenters. The van der Waals surface area contributed by atoms with Crippen LogP contribution in [0.3, 0.4) is 0 Å². The Morgan fingerprint density at radius 1 is 1.17 bits per heavy atom. The summed E-state index contributed by atoms with van der Waals surface area (Å²) in [6, 6.07) is 11.4. The molecule has 0 N–H and O–H groups in total. The van der Waals surface area contributed by atoms with E-state index < -0.39 is 5.82 Å². The van der Waals surface area contributed by atoms with Crippen LogP contribution in [-0.2, 0) is 9.53 Å². The molecule has 2 aromatic carbocycles. The summed E-state index contributed by atoms with van der Waals surface area (Å²) in [6.45, 7) is 3.85. The molecule has 0 aliphatic heterocycles. The van der Waals surface area contributed by atoms with Gasteiger partial charge in [-0.05, 0) is 48.7 Å². The third-order valence-electron chi connectivity index (χ3n) is 3.33. The van der Waals surface area contributed by atoms with Crippen LogP contribution in [-0.4, -0.2) is 12.6 Å². The highest BCUT2D eigenvalue weighted by atomic mass is 35.5. The van der Waals surface area contributed by atoms with Crippen LogP contribution in [0.2, 0.25) is 5.02 Å². The second-order valence-electron chi connectivity index (χ2n) is 5.15. The molecule has 0 fully saturated rings. The third kappa shape index (κ3) is 4.96. The van der Waals surface area contributed by atoms with Gasteiger partial charge in [-0.3, -0.25) is 4.79 Å². The van der Waals surface area contributed by atoms with Crippen LogP contribution in [0.1, 0.15) is 31.7 Å². The molecule has 0 aromatic heterocycles. The monoisotopic (exact) mass is 336 g/mol. The summed E-state index contributed by atoms with van der Waals surface area (Å²) in [5, 5.41) is 0.603. The topological polar surface area (TPSA) is 35.5 Å². The number of esters is 1. The van der Waals surface area contributed by atoms with Gasteiger partial charge < -0.3 is 9.47 Å². The molecule has 0 radical (unpaired) electrons. The van der Waals surface area contributed by atoms with E-state index in [1.807, 2.05) is 0 Å². The number of halogens is 2. The molecule has 0 saturated carbocycles. The minimum atomic E-state index is -0.409. The first kappa shape index (κ1) is 17.3. The van der Waals surface area contributed by atoms with E-state index in [2.05, 4.69) is 0 Å². The largest absolute Gasteiger partial charge is 0.466 e. The van der Waals surface area contributed by atoms with Crippen molar-refractivity contribution < 1.29 is 18.7 Å². The fraction of sp³-hybridized carbons (Fsp3) is 0.278. The molecule has 23 heavy (non-hydrogen) atoms. The van der Waals surface area contributed by atoms with Gasteiger partial charge in [0, 0.05) is 11.1 Å². The second kappa shape index (κ2) is 7.97. The van der Waals surface area contributed by atoms with Gasteiger partial charge >= 0.3 is 5.97 Å². The van der Waals surface area contributed by atoms with Gasteiger partial charge in [0.1, 0.15) is 17.3 Å². The van der Waals surface area contributed by atoms with Gasteiger partial charge in [-0.1, -0.05) is 24.6 Å². The Bertz CT molecular complexity index is 670. The van der Waals surface area contributed by atoms with Crippen molar-refractivity contribution in [2.24, 2.45) is 0 Å². The van der Waals surface area contributed by atoms with Crippen LogP contribution >= 0.6 is 11.6 Å². The highest BCUT2D eigenvalue weighted by Gasteiger charge is 2.16. The van der Waals surface area contributed by atoms with Crippen molar-refractivity contribution in [3.8, 4) is 11.5 Å². The number of benzene rings is 2. The first-order valence-electron chi connectivity index (χ1n) is 7.38. The number of carbonyl (C=O) groups excluding carboxylic acids is 1. The average molecular weight is 337 g/mol. The summed E-state index contributed by atoms with van der Waals surface area (Å²) in [5.41, 5.74) is 0.460. The maximum Gasteiger partial charge on any atom is 0.306 e. The molecule has 0 amide bonds. The molecule has 0 spiro atoms. The van der Waals surface area contributed by atoms with E-state index in [1.54, 1.807) is 50.2 Å². The number of hydrogen-bond acceptors (Lipinski definition) is 3. The molecule has 3 nitrogen and oxygen atoms in total. The minimum absolute atomic E-state index is 0.141. The zero-order valence-electron chi connectivity index (χ0n) is 13.0. The normalized spacial score (nSPS) is 11.8. The maximum atomic E-state index is 14.3. The maximum absolute atomic E-state index is 14.3. The Balaban J connectivity index is 2.07. The SMILES string of the molecule is CCOC(=O)CC(C)c1ccc(Oc2ccc(Cl)cc2)cc1F. The zero-order chi connectivity index (χ0) is 16.8. The quantitative estimate of drug-likeness (QED) is 0.669. The zero-order valence-corrected chi connectivity index (χ0v) is 13.8. The van der Waals surface area contributed by atoms with E-state index in [9.17, 15) is 9.18 Å². The average Bonchev–Trinajstić information content (AvgIpc) is 2.49. The van der Waals surface area contributed by atoms with Crippen LogP contribution in [0.4, 0.5) is 4.39 Å². The summed E-state index contributed by atoms with van der Waals surface area (Å²) in [7, 11) is 0. The third-order valence-corrected chi connectivity index (χ3v) is 3.58. The molecular weight excluding hydrogens is 319 g/mol. The van der Waals surface area contributed by atoms with E-state index >= 15 is 0 Å². The van der Waals surface area contributed by atoms with Gasteiger partial charge in [0.15, 0.2) is 0 Å². The predicted molar refractivity (Wildman–Crippen MR) is 87.6 cm³/mol. The number of ether oxygens (including phenoxy) is 2. The standard InChI is InChI=1S/C18H18ClFO3/c1-3-22-18(21)10-12(2)16-9-8-15(11-17(16)20)23-14-6-4-13(19)5-7-14/h4-9,11-12H,3,10H2,1-2H3. The molecular formula is C18H18ClFO3. The van der Waals surface area contributed by atoms with Crippen molar-refractivity contribution in [1.82, 2.24) is 0 Å².